The van der Waals surface area contributed by atoms with Crippen LogP contribution in [0, 0.1) is 0 Å². The van der Waals surface area contributed by atoms with Gasteiger partial charge < -0.3 is 23.7 Å². The van der Waals surface area contributed by atoms with Gasteiger partial charge in [0.25, 0.3) is 0 Å². The minimum Gasteiger partial charge on any atom is -0.444 e. The molecule has 16 nitrogen and oxygen atoms in total. The molecule has 0 aliphatic rings. The largest absolute Gasteiger partial charge is 0.444 e. The summed E-state index contributed by atoms with van der Waals surface area (Å²) in [5.74, 6) is -0.453. The molecular weight excluding hydrogens is 664 g/mol. The van der Waals surface area contributed by atoms with Gasteiger partial charge in [-0.3, -0.25) is 20.9 Å². The molecule has 0 saturated carbocycles. The van der Waals surface area contributed by atoms with Gasteiger partial charge in [-0.2, -0.15) is 0 Å². The fourth-order valence-corrected chi connectivity index (χ4v) is 3.71. The number of nitrogens with one attached hydrogen (secondary N) is 3. The summed E-state index contributed by atoms with van der Waals surface area (Å²) in [6.07, 6.45) is -0.00381. The summed E-state index contributed by atoms with van der Waals surface area (Å²) in [4.78, 5) is 72.6. The van der Waals surface area contributed by atoms with E-state index >= 15 is 0 Å². The number of aliphatic imine (C=N–C) groups is 2. The minimum absolute atomic E-state index is 0.0761. The highest BCUT2D eigenvalue weighted by molar-refractivity contribution is 6.05. The smallest absolute Gasteiger partial charge is 0.437 e. The topological polar surface area (TPSA) is 196 Å². The lowest BCUT2D eigenvalue weighted by Gasteiger charge is -2.29. The second-order valence-corrected chi connectivity index (χ2v) is 16.8. The lowest BCUT2D eigenvalue weighted by molar-refractivity contribution is 0.0352. The highest BCUT2D eigenvalue weighted by Gasteiger charge is 2.30. The van der Waals surface area contributed by atoms with E-state index in [1.54, 1.807) is 104 Å². The summed E-state index contributed by atoms with van der Waals surface area (Å²) in [7, 11) is 0. The van der Waals surface area contributed by atoms with Crippen LogP contribution in [-0.2, 0) is 23.7 Å². The van der Waals surface area contributed by atoms with Gasteiger partial charge in [-0.1, -0.05) is 25.7 Å². The SMILES string of the molecule is CC(C)(C)OC(=O)N=C(NC(=O)OC(C)(C)C)N(CCCCCCCCN=C(NC(=O)OC(C)(C)C)NC(=O)OC(C)(C)C)C(=O)OC(C)(C)C. The van der Waals surface area contributed by atoms with Crippen molar-refractivity contribution in [1.82, 2.24) is 20.9 Å². The van der Waals surface area contributed by atoms with Crippen molar-refractivity contribution >= 4 is 42.4 Å². The third-order valence-corrected chi connectivity index (χ3v) is 5.37. The van der Waals surface area contributed by atoms with Gasteiger partial charge in [0.2, 0.25) is 11.9 Å². The second kappa shape index (κ2) is 20.1. The molecule has 0 aromatic rings. The number of carbonyl (C=O) groups is 5. The van der Waals surface area contributed by atoms with Gasteiger partial charge in [0, 0.05) is 13.1 Å². The quantitative estimate of drug-likeness (QED) is 0.0912. The van der Waals surface area contributed by atoms with E-state index in [0.29, 0.717) is 25.8 Å². The van der Waals surface area contributed by atoms with E-state index in [4.69, 9.17) is 23.7 Å². The summed E-state index contributed by atoms with van der Waals surface area (Å²) in [6, 6.07) is 0. The zero-order chi connectivity index (χ0) is 39.8. The van der Waals surface area contributed by atoms with Gasteiger partial charge in [0.05, 0.1) is 0 Å². The van der Waals surface area contributed by atoms with Crippen LogP contribution in [0.1, 0.15) is 142 Å². The number of guanidine groups is 2. The third-order valence-electron chi connectivity index (χ3n) is 5.37. The van der Waals surface area contributed by atoms with Crippen LogP contribution in [0.25, 0.3) is 0 Å². The van der Waals surface area contributed by atoms with Gasteiger partial charge >= 0.3 is 30.5 Å². The number of ether oxygens (including phenoxy) is 5. The Labute approximate surface area is 304 Å². The van der Waals surface area contributed by atoms with Gasteiger partial charge in [0.15, 0.2) is 0 Å². The highest BCUT2D eigenvalue weighted by Crippen LogP contribution is 2.15. The monoisotopic (exact) mass is 728 g/mol. The van der Waals surface area contributed by atoms with Crippen LogP contribution in [0.15, 0.2) is 9.98 Å². The Morgan fingerprint density at radius 3 is 1.27 bits per heavy atom. The number of carbonyl (C=O) groups excluding carboxylic acids is 5. The molecule has 0 saturated heterocycles. The first-order valence-electron chi connectivity index (χ1n) is 17.3. The molecule has 0 aromatic heterocycles. The first-order valence-corrected chi connectivity index (χ1v) is 17.3. The molecule has 0 spiro atoms. The van der Waals surface area contributed by atoms with Crippen molar-refractivity contribution in [3.63, 3.8) is 0 Å². The van der Waals surface area contributed by atoms with Crippen LogP contribution in [-0.4, -0.2) is 88.4 Å². The van der Waals surface area contributed by atoms with Crippen molar-refractivity contribution in [1.29, 1.82) is 0 Å². The van der Waals surface area contributed by atoms with Crippen LogP contribution in [0.3, 0.4) is 0 Å². The van der Waals surface area contributed by atoms with E-state index in [1.807, 2.05) is 0 Å². The molecule has 0 radical (unpaired) electrons. The molecule has 0 rings (SSSR count). The lowest BCUT2D eigenvalue weighted by atomic mass is 10.1. The Morgan fingerprint density at radius 2 is 0.863 bits per heavy atom. The lowest BCUT2D eigenvalue weighted by Crippen LogP contribution is -2.50. The molecule has 0 aliphatic carbocycles. The fraction of sp³-hybridized carbons (Fsp3) is 0.800. The number of alkyl carbamates (subject to hydrolysis) is 3. The van der Waals surface area contributed by atoms with Gasteiger partial charge in [0.1, 0.15) is 28.0 Å². The summed E-state index contributed by atoms with van der Waals surface area (Å²) in [5.41, 5.74) is -4.08. The zero-order valence-electron chi connectivity index (χ0n) is 33.6. The van der Waals surface area contributed by atoms with E-state index in [2.05, 4.69) is 25.9 Å². The molecule has 3 N–H and O–H groups in total. The predicted octanol–water partition coefficient (Wildman–Crippen LogP) is 7.79. The molecule has 16 heteroatoms. The van der Waals surface area contributed by atoms with E-state index in [9.17, 15) is 24.0 Å². The fourth-order valence-electron chi connectivity index (χ4n) is 3.71. The molecule has 0 aromatic carbocycles. The third kappa shape index (κ3) is 27.3. The Bertz CT molecular complexity index is 1200. The number of hydrogen-bond donors (Lipinski definition) is 3. The Hall–Kier alpha value is -4.11. The molecule has 5 amide bonds. The number of amides is 5. The van der Waals surface area contributed by atoms with Crippen molar-refractivity contribution in [3.8, 4) is 0 Å². The van der Waals surface area contributed by atoms with Crippen molar-refractivity contribution in [3.05, 3.63) is 0 Å². The van der Waals surface area contributed by atoms with Crippen LogP contribution in [0.5, 0.6) is 0 Å². The zero-order valence-corrected chi connectivity index (χ0v) is 33.6. The molecule has 0 bridgehead atoms. The van der Waals surface area contributed by atoms with E-state index in [0.717, 1.165) is 24.2 Å². The average molecular weight is 729 g/mol. The van der Waals surface area contributed by atoms with Crippen LogP contribution in [0.4, 0.5) is 24.0 Å². The molecule has 0 fully saturated rings. The number of nitrogens with zero attached hydrogens (tertiary/aromatic N) is 3. The second-order valence-electron chi connectivity index (χ2n) is 16.8. The van der Waals surface area contributed by atoms with Crippen molar-refractivity contribution in [2.75, 3.05) is 13.1 Å². The number of unbranched alkanes of at least 4 members (excludes halogenated alkanes) is 5. The van der Waals surface area contributed by atoms with Crippen molar-refractivity contribution in [2.24, 2.45) is 9.98 Å². The maximum absolute atomic E-state index is 13.3. The molecule has 294 valence electrons. The predicted molar refractivity (Wildman–Crippen MR) is 195 cm³/mol. The average Bonchev–Trinajstić information content (AvgIpc) is 2.83. The van der Waals surface area contributed by atoms with E-state index < -0.39 is 58.5 Å². The molecule has 0 heterocycles. The summed E-state index contributed by atoms with van der Waals surface area (Å²) >= 11 is 0. The van der Waals surface area contributed by atoms with Crippen molar-refractivity contribution in [2.45, 2.75) is 170 Å². The maximum Gasteiger partial charge on any atom is 0.437 e. The molecule has 0 atom stereocenters. The van der Waals surface area contributed by atoms with E-state index in [-0.39, 0.29) is 18.5 Å². The van der Waals surface area contributed by atoms with Gasteiger partial charge in [-0.05, 0) is 117 Å². The normalized spacial score (nSPS) is 12.6. The van der Waals surface area contributed by atoms with Gasteiger partial charge in [-0.25, -0.2) is 28.9 Å². The standard InChI is InChI=1S/C35H64N6O10/c1-31(2,3)47-26(42)37-24(38-27(43)48-32(4,5)6)36-22-20-18-16-17-19-21-23-41(30(46)51-35(13,14)15)25(39-28(44)49-33(7,8)9)40-29(45)50-34(10,11)12/h16-23H2,1-15H3,(H,39,40,44,45)(H2,36,37,38,42,43). The van der Waals surface area contributed by atoms with E-state index in [1.165, 1.54) is 0 Å². The van der Waals surface area contributed by atoms with Crippen LogP contribution >= 0.6 is 0 Å². The summed E-state index contributed by atoms with van der Waals surface area (Å²) in [6.45, 7) is 25.8. The molecule has 0 unspecified atom stereocenters. The number of hydrogen-bond acceptors (Lipinski definition) is 11. The van der Waals surface area contributed by atoms with Crippen LogP contribution in [0.2, 0.25) is 0 Å². The maximum atomic E-state index is 13.3. The van der Waals surface area contributed by atoms with Gasteiger partial charge in [-0.15, -0.1) is 4.99 Å². The highest BCUT2D eigenvalue weighted by atomic mass is 16.6. The minimum atomic E-state index is -1.00. The molecular formula is C35H64N6O10. The Balaban J connectivity index is 5.52. The van der Waals surface area contributed by atoms with Crippen molar-refractivity contribution < 1.29 is 47.7 Å². The van der Waals surface area contributed by atoms with Crippen LogP contribution < -0.4 is 16.0 Å². The first-order chi connectivity index (χ1) is 22.9. The molecule has 51 heavy (non-hydrogen) atoms. The summed E-state index contributed by atoms with van der Waals surface area (Å²) < 4.78 is 26.7. The Morgan fingerprint density at radius 1 is 0.490 bits per heavy atom. The summed E-state index contributed by atoms with van der Waals surface area (Å²) in [5, 5.41) is 7.34. The molecule has 0 aliphatic heterocycles. The Kier molecular flexibility index (Phi) is 18.4. The number of rotatable bonds is 9. The first kappa shape index (κ1) is 46.9.